The van der Waals surface area contributed by atoms with E-state index in [9.17, 15) is 4.79 Å². The Morgan fingerprint density at radius 1 is 1.25 bits per heavy atom. The Bertz CT molecular complexity index is 440. The molecule has 0 spiro atoms. The maximum Gasteiger partial charge on any atom is 0.227 e. The maximum atomic E-state index is 12.7. The predicted molar refractivity (Wildman–Crippen MR) is 82.1 cm³/mol. The number of nitrogens with two attached hydrogens (primary N) is 1. The third kappa shape index (κ3) is 3.60. The zero-order valence-corrected chi connectivity index (χ0v) is 12.8. The largest absolute Gasteiger partial charge is 0.339 e. The van der Waals surface area contributed by atoms with Crippen LogP contribution < -0.4 is 5.73 Å². The molecule has 0 saturated heterocycles. The molecule has 2 N–H and O–H groups in total. The number of benzene rings is 1. The third-order valence-electron chi connectivity index (χ3n) is 3.95. The van der Waals surface area contributed by atoms with Crippen LogP contribution in [-0.2, 0) is 4.79 Å². The van der Waals surface area contributed by atoms with Gasteiger partial charge in [-0.05, 0) is 24.3 Å². The minimum Gasteiger partial charge on any atom is -0.339 e. The van der Waals surface area contributed by atoms with E-state index in [2.05, 4.69) is 18.7 Å². The Hall–Kier alpha value is -1.35. The molecule has 1 saturated carbocycles. The fourth-order valence-corrected chi connectivity index (χ4v) is 2.58. The van der Waals surface area contributed by atoms with Crippen molar-refractivity contribution in [2.45, 2.75) is 45.7 Å². The highest BCUT2D eigenvalue weighted by Gasteiger charge is 2.36. The van der Waals surface area contributed by atoms with Crippen molar-refractivity contribution in [3.8, 4) is 0 Å². The van der Waals surface area contributed by atoms with Crippen LogP contribution in [0.4, 0.5) is 0 Å². The van der Waals surface area contributed by atoms with Gasteiger partial charge in [-0.1, -0.05) is 51.1 Å². The van der Waals surface area contributed by atoms with E-state index in [0.29, 0.717) is 12.0 Å². The van der Waals surface area contributed by atoms with Crippen molar-refractivity contribution in [2.75, 3.05) is 6.54 Å². The fraction of sp³-hybridized carbons (Fsp3) is 0.588. The van der Waals surface area contributed by atoms with Crippen LogP contribution in [0.2, 0.25) is 0 Å². The number of hydrogen-bond donors (Lipinski definition) is 1. The van der Waals surface area contributed by atoms with Gasteiger partial charge in [0.05, 0.1) is 5.92 Å². The molecular weight excluding hydrogens is 248 g/mol. The summed E-state index contributed by atoms with van der Waals surface area (Å²) in [4.78, 5) is 14.8. The van der Waals surface area contributed by atoms with E-state index in [1.165, 1.54) is 0 Å². The van der Waals surface area contributed by atoms with E-state index in [-0.39, 0.29) is 17.9 Å². The molecular formula is C17H26N2O. The van der Waals surface area contributed by atoms with E-state index in [1.807, 2.05) is 37.3 Å². The molecule has 0 aromatic heterocycles. The van der Waals surface area contributed by atoms with Crippen LogP contribution in [0.1, 0.15) is 45.2 Å². The zero-order chi connectivity index (χ0) is 14.7. The van der Waals surface area contributed by atoms with Crippen molar-refractivity contribution < 1.29 is 4.79 Å². The normalized spacial score (nSPS) is 17.9. The second-order valence-corrected chi connectivity index (χ2v) is 6.34. The van der Waals surface area contributed by atoms with Gasteiger partial charge in [0, 0.05) is 18.6 Å². The second-order valence-electron chi connectivity index (χ2n) is 6.34. The van der Waals surface area contributed by atoms with Crippen molar-refractivity contribution in [1.82, 2.24) is 4.90 Å². The molecule has 2 unspecified atom stereocenters. The molecule has 1 fully saturated rings. The molecule has 20 heavy (non-hydrogen) atoms. The van der Waals surface area contributed by atoms with Crippen molar-refractivity contribution in [3.63, 3.8) is 0 Å². The van der Waals surface area contributed by atoms with E-state index in [1.54, 1.807) is 0 Å². The van der Waals surface area contributed by atoms with Crippen molar-refractivity contribution in [2.24, 2.45) is 17.6 Å². The highest BCUT2D eigenvalue weighted by atomic mass is 16.2. The van der Waals surface area contributed by atoms with Gasteiger partial charge in [-0.2, -0.15) is 0 Å². The summed E-state index contributed by atoms with van der Waals surface area (Å²) in [5.41, 5.74) is 7.32. The summed E-state index contributed by atoms with van der Waals surface area (Å²) in [6.45, 7) is 7.11. The molecule has 2 atom stereocenters. The van der Waals surface area contributed by atoms with Crippen LogP contribution in [0, 0.1) is 11.8 Å². The molecule has 110 valence electrons. The number of carbonyl (C=O) groups is 1. The summed E-state index contributed by atoms with van der Waals surface area (Å²) in [5.74, 6) is 0.536. The van der Waals surface area contributed by atoms with Gasteiger partial charge in [-0.15, -0.1) is 0 Å². The van der Waals surface area contributed by atoms with Gasteiger partial charge in [0.1, 0.15) is 0 Å². The molecule has 0 radical (unpaired) electrons. The predicted octanol–water partition coefficient (Wildman–Crippen LogP) is 2.97. The summed E-state index contributed by atoms with van der Waals surface area (Å²) in [6, 6.07) is 10.1. The Kier molecular flexibility index (Phi) is 4.81. The highest BCUT2D eigenvalue weighted by molar-refractivity contribution is 5.80. The quantitative estimate of drug-likeness (QED) is 0.867. The van der Waals surface area contributed by atoms with Gasteiger partial charge >= 0.3 is 0 Å². The van der Waals surface area contributed by atoms with E-state index < -0.39 is 0 Å². The Morgan fingerprint density at radius 2 is 1.85 bits per heavy atom. The molecule has 1 aliphatic carbocycles. The number of carbonyl (C=O) groups excluding carboxylic acids is 1. The first-order chi connectivity index (χ1) is 9.50. The second kappa shape index (κ2) is 6.40. The summed E-state index contributed by atoms with van der Waals surface area (Å²) < 4.78 is 0. The van der Waals surface area contributed by atoms with Crippen LogP contribution in [0.3, 0.4) is 0 Å². The van der Waals surface area contributed by atoms with E-state index in [0.717, 1.165) is 24.9 Å². The lowest BCUT2D eigenvalue weighted by atomic mass is 9.94. The third-order valence-corrected chi connectivity index (χ3v) is 3.95. The van der Waals surface area contributed by atoms with Crippen molar-refractivity contribution >= 4 is 5.91 Å². The van der Waals surface area contributed by atoms with Crippen LogP contribution in [0.15, 0.2) is 30.3 Å². The number of nitrogens with zero attached hydrogens (tertiary/aromatic N) is 1. The average Bonchev–Trinajstić information content (AvgIpc) is 3.27. The molecule has 3 heteroatoms. The summed E-state index contributed by atoms with van der Waals surface area (Å²) in [7, 11) is 0. The molecule has 0 aliphatic heterocycles. The van der Waals surface area contributed by atoms with Crippen molar-refractivity contribution in [3.05, 3.63) is 35.9 Å². The topological polar surface area (TPSA) is 46.3 Å². The lowest BCUT2D eigenvalue weighted by molar-refractivity contribution is -0.136. The Labute approximate surface area is 122 Å². The van der Waals surface area contributed by atoms with Crippen LogP contribution in [0.5, 0.6) is 0 Å². The van der Waals surface area contributed by atoms with Gasteiger partial charge < -0.3 is 10.6 Å². The number of hydrogen-bond acceptors (Lipinski definition) is 2. The van der Waals surface area contributed by atoms with Gasteiger partial charge in [0.2, 0.25) is 5.91 Å². The lowest BCUT2D eigenvalue weighted by Crippen LogP contribution is -2.42. The van der Waals surface area contributed by atoms with Gasteiger partial charge in [0.15, 0.2) is 0 Å². The summed E-state index contributed by atoms with van der Waals surface area (Å²) in [6.07, 6.45) is 2.29. The highest BCUT2D eigenvalue weighted by Crippen LogP contribution is 2.31. The smallest absolute Gasteiger partial charge is 0.227 e. The minimum absolute atomic E-state index is 0.170. The number of rotatable bonds is 6. The zero-order valence-electron chi connectivity index (χ0n) is 12.8. The van der Waals surface area contributed by atoms with Crippen molar-refractivity contribution in [1.29, 1.82) is 0 Å². The fourth-order valence-electron chi connectivity index (χ4n) is 2.58. The van der Waals surface area contributed by atoms with E-state index >= 15 is 0 Å². The Balaban J connectivity index is 2.06. The van der Waals surface area contributed by atoms with Gasteiger partial charge in [0.25, 0.3) is 0 Å². The van der Waals surface area contributed by atoms with Gasteiger partial charge in [-0.3, -0.25) is 4.79 Å². The van der Waals surface area contributed by atoms with E-state index in [4.69, 9.17) is 5.73 Å². The van der Waals surface area contributed by atoms with Crippen LogP contribution in [-0.4, -0.2) is 23.4 Å². The standard InChI is InChI=1S/C17H26N2O/c1-12(2)11-19(15-9-10-15)17(20)13(3)16(18)14-7-5-4-6-8-14/h4-8,12-13,15-16H,9-11,18H2,1-3H3. The van der Waals surface area contributed by atoms with Crippen LogP contribution in [0.25, 0.3) is 0 Å². The molecule has 1 amide bonds. The molecule has 1 aliphatic rings. The minimum atomic E-state index is -0.225. The first-order valence-corrected chi connectivity index (χ1v) is 7.61. The summed E-state index contributed by atoms with van der Waals surface area (Å²) in [5, 5.41) is 0. The number of amides is 1. The monoisotopic (exact) mass is 274 g/mol. The average molecular weight is 274 g/mol. The molecule has 0 bridgehead atoms. The molecule has 1 aromatic carbocycles. The molecule has 0 heterocycles. The SMILES string of the molecule is CC(C)CN(C(=O)C(C)C(N)c1ccccc1)C1CC1. The molecule has 2 rings (SSSR count). The first kappa shape index (κ1) is 15.0. The summed E-state index contributed by atoms with van der Waals surface area (Å²) >= 11 is 0. The Morgan fingerprint density at radius 3 is 2.35 bits per heavy atom. The molecule has 3 nitrogen and oxygen atoms in total. The molecule has 1 aromatic rings. The van der Waals surface area contributed by atoms with Crippen LogP contribution >= 0.6 is 0 Å². The first-order valence-electron chi connectivity index (χ1n) is 7.61. The lowest BCUT2D eigenvalue weighted by Gasteiger charge is -2.30. The maximum absolute atomic E-state index is 12.7. The van der Waals surface area contributed by atoms with Gasteiger partial charge in [-0.25, -0.2) is 0 Å².